The third kappa shape index (κ3) is 4.72. The number of carbonyl (C=O) groups is 1. The predicted octanol–water partition coefficient (Wildman–Crippen LogP) is 4.02. The van der Waals surface area contributed by atoms with Gasteiger partial charge in [-0.1, -0.05) is 0 Å². The number of morpholine rings is 1. The van der Waals surface area contributed by atoms with E-state index in [2.05, 4.69) is 25.6 Å². The molecule has 12 heteroatoms. The lowest BCUT2D eigenvalue weighted by molar-refractivity contribution is -0.136. The Bertz CT molecular complexity index is 1200. The minimum atomic E-state index is -4.55. The number of nitrogens with zero attached hydrogens (tertiary/aromatic N) is 3. The lowest BCUT2D eigenvalue weighted by Crippen LogP contribution is -2.44. The van der Waals surface area contributed by atoms with Crippen LogP contribution in [0.1, 0.15) is 29.8 Å². The Labute approximate surface area is 193 Å². The van der Waals surface area contributed by atoms with Crippen molar-refractivity contribution in [2.45, 2.75) is 26.1 Å². The SMILES string of the molecule is CCNc1nc(Nc2ccc(C(=O)N3CCO[C@@H](C)C3)cc2OC)nc2[nH]cc(C(F)(F)F)c12. The van der Waals surface area contributed by atoms with Crippen molar-refractivity contribution in [3.05, 3.63) is 35.5 Å². The van der Waals surface area contributed by atoms with Crippen molar-refractivity contribution in [1.82, 2.24) is 19.9 Å². The van der Waals surface area contributed by atoms with Gasteiger partial charge in [0, 0.05) is 31.4 Å². The number of nitrogens with one attached hydrogen (secondary N) is 3. The van der Waals surface area contributed by atoms with Crippen molar-refractivity contribution < 1.29 is 27.4 Å². The predicted molar refractivity (Wildman–Crippen MR) is 121 cm³/mol. The van der Waals surface area contributed by atoms with Crippen molar-refractivity contribution in [1.29, 1.82) is 0 Å². The number of alkyl halides is 3. The third-order valence-electron chi connectivity index (χ3n) is 5.40. The Morgan fingerprint density at radius 1 is 1.35 bits per heavy atom. The number of aromatic nitrogens is 3. The number of fused-ring (bicyclic) bond motifs is 1. The molecule has 0 bridgehead atoms. The number of benzene rings is 1. The summed E-state index contributed by atoms with van der Waals surface area (Å²) >= 11 is 0. The summed E-state index contributed by atoms with van der Waals surface area (Å²) in [5.74, 6) is 0.343. The zero-order valence-corrected chi connectivity index (χ0v) is 18.9. The molecule has 34 heavy (non-hydrogen) atoms. The third-order valence-corrected chi connectivity index (χ3v) is 5.40. The maximum atomic E-state index is 13.4. The van der Waals surface area contributed by atoms with Crippen LogP contribution in [-0.2, 0) is 10.9 Å². The Kier molecular flexibility index (Phi) is 6.51. The average Bonchev–Trinajstić information content (AvgIpc) is 3.24. The van der Waals surface area contributed by atoms with Gasteiger partial charge in [-0.25, -0.2) is 0 Å². The minimum Gasteiger partial charge on any atom is -0.495 e. The molecule has 3 aromatic rings. The van der Waals surface area contributed by atoms with Gasteiger partial charge in [-0.2, -0.15) is 23.1 Å². The molecule has 0 aliphatic carbocycles. The highest BCUT2D eigenvalue weighted by molar-refractivity contribution is 5.96. The summed E-state index contributed by atoms with van der Waals surface area (Å²) in [6, 6.07) is 4.89. The standard InChI is InChI=1S/C22H25F3N6O3/c1-4-26-18-17-14(22(23,24)25)10-27-19(17)30-21(29-18)28-15-6-5-13(9-16(15)33-3)20(32)31-7-8-34-12(2)11-31/h5-6,9-10,12H,4,7-8,11H2,1-3H3,(H3,26,27,28,29,30)/t12-/m0/s1. The molecule has 9 nitrogen and oxygen atoms in total. The van der Waals surface area contributed by atoms with Gasteiger partial charge < -0.3 is 30.0 Å². The smallest absolute Gasteiger partial charge is 0.418 e. The van der Waals surface area contributed by atoms with Gasteiger partial charge in [0.1, 0.15) is 17.2 Å². The van der Waals surface area contributed by atoms with E-state index in [4.69, 9.17) is 9.47 Å². The van der Waals surface area contributed by atoms with Gasteiger partial charge in [-0.05, 0) is 32.0 Å². The van der Waals surface area contributed by atoms with Crippen molar-refractivity contribution in [3.8, 4) is 5.75 Å². The van der Waals surface area contributed by atoms with Crippen molar-refractivity contribution in [2.24, 2.45) is 0 Å². The first-order valence-corrected chi connectivity index (χ1v) is 10.8. The average molecular weight is 478 g/mol. The van der Waals surface area contributed by atoms with E-state index in [1.54, 1.807) is 30.0 Å². The number of H-pyrrole nitrogens is 1. The van der Waals surface area contributed by atoms with E-state index in [1.807, 2.05) is 6.92 Å². The van der Waals surface area contributed by atoms with Crippen LogP contribution in [0.2, 0.25) is 0 Å². The summed E-state index contributed by atoms with van der Waals surface area (Å²) in [7, 11) is 1.46. The van der Waals surface area contributed by atoms with E-state index in [0.29, 0.717) is 43.2 Å². The molecule has 3 N–H and O–H groups in total. The zero-order chi connectivity index (χ0) is 24.5. The molecule has 1 fully saturated rings. The molecule has 0 unspecified atom stereocenters. The lowest BCUT2D eigenvalue weighted by atomic mass is 10.1. The summed E-state index contributed by atoms with van der Waals surface area (Å²) < 4.78 is 51.1. The van der Waals surface area contributed by atoms with Gasteiger partial charge in [0.2, 0.25) is 5.95 Å². The first-order valence-electron chi connectivity index (χ1n) is 10.8. The first kappa shape index (κ1) is 23.6. The molecule has 182 valence electrons. The van der Waals surface area contributed by atoms with Gasteiger partial charge in [0.25, 0.3) is 5.91 Å². The summed E-state index contributed by atoms with van der Waals surface area (Å²) in [5.41, 5.74) is 0.0926. The van der Waals surface area contributed by atoms with E-state index in [-0.39, 0.29) is 34.8 Å². The van der Waals surface area contributed by atoms with Crippen LogP contribution in [0, 0.1) is 0 Å². The minimum absolute atomic E-state index is 0.0352. The van der Waals surface area contributed by atoms with Gasteiger partial charge in [0.15, 0.2) is 0 Å². The highest BCUT2D eigenvalue weighted by Gasteiger charge is 2.35. The van der Waals surface area contributed by atoms with Gasteiger partial charge in [-0.15, -0.1) is 0 Å². The fourth-order valence-corrected chi connectivity index (χ4v) is 3.84. The molecule has 4 rings (SSSR count). The van der Waals surface area contributed by atoms with Crippen molar-refractivity contribution in [2.75, 3.05) is 44.0 Å². The molecule has 1 aliphatic heterocycles. The molecular formula is C22H25F3N6O3. The molecule has 1 aliphatic rings. The Balaban J connectivity index is 1.64. The van der Waals surface area contributed by atoms with Crippen LogP contribution in [0.5, 0.6) is 5.75 Å². The summed E-state index contributed by atoms with van der Waals surface area (Å²) in [4.78, 5) is 25.6. The number of halogens is 3. The van der Waals surface area contributed by atoms with Crippen LogP contribution in [0.3, 0.4) is 0 Å². The van der Waals surface area contributed by atoms with E-state index in [1.165, 1.54) is 7.11 Å². The number of ether oxygens (including phenoxy) is 2. The van der Waals surface area contributed by atoms with E-state index >= 15 is 0 Å². The van der Waals surface area contributed by atoms with Gasteiger partial charge in [0.05, 0.1) is 36.5 Å². The van der Waals surface area contributed by atoms with Gasteiger partial charge >= 0.3 is 6.18 Å². The Hall–Kier alpha value is -3.54. The molecule has 1 atom stereocenters. The molecule has 0 saturated carbocycles. The summed E-state index contributed by atoms with van der Waals surface area (Å²) in [5, 5.41) is 5.71. The molecule has 1 saturated heterocycles. The van der Waals surface area contributed by atoms with Crippen LogP contribution < -0.4 is 15.4 Å². The van der Waals surface area contributed by atoms with E-state index < -0.39 is 11.7 Å². The number of methoxy groups -OCH3 is 1. The largest absolute Gasteiger partial charge is 0.495 e. The maximum Gasteiger partial charge on any atom is 0.418 e. The maximum absolute atomic E-state index is 13.4. The fraction of sp³-hybridized carbons (Fsp3) is 0.409. The van der Waals surface area contributed by atoms with E-state index in [0.717, 1.165) is 6.20 Å². The van der Waals surface area contributed by atoms with Crippen LogP contribution in [0.15, 0.2) is 24.4 Å². The van der Waals surface area contributed by atoms with E-state index in [9.17, 15) is 18.0 Å². The second-order valence-corrected chi connectivity index (χ2v) is 7.82. The first-order chi connectivity index (χ1) is 16.2. The number of hydrogen-bond donors (Lipinski definition) is 3. The number of aromatic amines is 1. The number of anilines is 3. The quantitative estimate of drug-likeness (QED) is 0.492. The molecule has 2 aromatic heterocycles. The highest BCUT2D eigenvalue weighted by atomic mass is 19.4. The lowest BCUT2D eigenvalue weighted by Gasteiger charge is -2.31. The van der Waals surface area contributed by atoms with Crippen molar-refractivity contribution in [3.63, 3.8) is 0 Å². The molecular weight excluding hydrogens is 453 g/mol. The molecule has 3 heterocycles. The van der Waals surface area contributed by atoms with Gasteiger partial charge in [-0.3, -0.25) is 4.79 Å². The highest BCUT2D eigenvalue weighted by Crippen LogP contribution is 2.38. The molecule has 0 radical (unpaired) electrons. The summed E-state index contributed by atoms with van der Waals surface area (Å²) in [6.07, 6.45) is -3.72. The monoisotopic (exact) mass is 478 g/mol. The molecule has 1 aromatic carbocycles. The Morgan fingerprint density at radius 2 is 2.15 bits per heavy atom. The van der Waals surface area contributed by atoms with Crippen LogP contribution in [0.25, 0.3) is 11.0 Å². The second kappa shape index (κ2) is 9.37. The second-order valence-electron chi connectivity index (χ2n) is 7.82. The zero-order valence-electron chi connectivity index (χ0n) is 18.9. The number of rotatable bonds is 6. The number of carbonyl (C=O) groups excluding carboxylic acids is 1. The normalized spacial score (nSPS) is 16.5. The molecule has 1 amide bonds. The van der Waals surface area contributed by atoms with Crippen LogP contribution in [-0.4, -0.2) is 65.2 Å². The van der Waals surface area contributed by atoms with Crippen molar-refractivity contribution >= 4 is 34.4 Å². The number of hydrogen-bond acceptors (Lipinski definition) is 7. The summed E-state index contributed by atoms with van der Waals surface area (Å²) in [6.45, 7) is 5.52. The topological polar surface area (TPSA) is 104 Å². The fourth-order valence-electron chi connectivity index (χ4n) is 3.84. The number of amides is 1. The van der Waals surface area contributed by atoms with Crippen LogP contribution >= 0.6 is 0 Å². The molecule has 0 spiro atoms. The Morgan fingerprint density at radius 3 is 2.82 bits per heavy atom. The van der Waals surface area contributed by atoms with Crippen LogP contribution in [0.4, 0.5) is 30.6 Å².